The molecule has 4 heterocycles. The Labute approximate surface area is 158 Å². The highest BCUT2D eigenvalue weighted by molar-refractivity contribution is 5.80. The number of hydrogen-bond donors (Lipinski definition) is 2. The van der Waals surface area contributed by atoms with E-state index in [9.17, 15) is 14.8 Å². The summed E-state index contributed by atoms with van der Waals surface area (Å²) in [6.07, 6.45) is 1.79. The summed E-state index contributed by atoms with van der Waals surface area (Å²) in [6.45, 7) is 5.31. The molecule has 148 valence electrons. The maximum Gasteiger partial charge on any atom is 0.370 e. The minimum Gasteiger partial charge on any atom is -0.421 e. The molecule has 1 aliphatic carbocycles. The molecule has 0 amide bonds. The normalized spacial score (nSPS) is 23.0. The second-order valence-corrected chi connectivity index (χ2v) is 7.88. The van der Waals surface area contributed by atoms with E-state index in [-0.39, 0.29) is 34.2 Å². The van der Waals surface area contributed by atoms with Crippen molar-refractivity contribution in [2.45, 2.75) is 44.8 Å². The lowest BCUT2D eigenvalue weighted by Crippen LogP contribution is -2.54. The van der Waals surface area contributed by atoms with Gasteiger partial charge in [0.25, 0.3) is 5.56 Å². The van der Waals surface area contributed by atoms with Crippen molar-refractivity contribution < 1.29 is 9.60 Å². The molecule has 3 aromatic heterocycles. The molecule has 3 aromatic rings. The molecular formula is C18H21FN6O3. The van der Waals surface area contributed by atoms with Crippen LogP contribution in [0.1, 0.15) is 32.7 Å². The van der Waals surface area contributed by atoms with Crippen LogP contribution in [0.15, 0.2) is 21.7 Å². The minimum absolute atomic E-state index is 0.0369. The number of fused-ring (bicyclic) bond motifs is 3. The number of piperazine rings is 1. The Kier molecular flexibility index (Phi) is 3.57. The van der Waals surface area contributed by atoms with Gasteiger partial charge >= 0.3 is 5.69 Å². The average Bonchev–Trinajstić information content (AvgIpc) is 3.41. The van der Waals surface area contributed by atoms with Crippen molar-refractivity contribution >= 4 is 22.6 Å². The summed E-state index contributed by atoms with van der Waals surface area (Å²) >= 11 is 0. The lowest BCUT2D eigenvalue weighted by molar-refractivity contribution is 0.159. The van der Waals surface area contributed by atoms with Crippen LogP contribution in [-0.2, 0) is 0 Å². The second-order valence-electron chi connectivity index (χ2n) is 7.88. The van der Waals surface area contributed by atoms with Crippen molar-refractivity contribution in [2.24, 2.45) is 0 Å². The van der Waals surface area contributed by atoms with Gasteiger partial charge in [0.1, 0.15) is 5.65 Å². The molecule has 0 aromatic carbocycles. The summed E-state index contributed by atoms with van der Waals surface area (Å²) in [6, 6.07) is 2.94. The fourth-order valence-electron chi connectivity index (χ4n) is 4.25. The van der Waals surface area contributed by atoms with Crippen molar-refractivity contribution in [1.29, 1.82) is 0 Å². The summed E-state index contributed by atoms with van der Waals surface area (Å²) in [5.41, 5.74) is -0.734. The number of nitrogens with zero attached hydrogens (tertiary/aromatic N) is 5. The topological polar surface area (TPSA) is 96.8 Å². The summed E-state index contributed by atoms with van der Waals surface area (Å²) in [7, 11) is 0. The summed E-state index contributed by atoms with van der Waals surface area (Å²) in [5, 5.41) is 13.2. The van der Waals surface area contributed by atoms with Gasteiger partial charge in [0.05, 0.1) is 5.52 Å². The van der Waals surface area contributed by atoms with Crippen molar-refractivity contribution in [2.75, 3.05) is 18.0 Å². The molecule has 1 saturated carbocycles. The van der Waals surface area contributed by atoms with Crippen molar-refractivity contribution in [1.82, 2.24) is 24.0 Å². The molecule has 5 rings (SSSR count). The van der Waals surface area contributed by atoms with Gasteiger partial charge in [0.15, 0.2) is 17.3 Å². The molecular weight excluding hydrogens is 367 g/mol. The first-order valence-electron chi connectivity index (χ1n) is 9.44. The summed E-state index contributed by atoms with van der Waals surface area (Å²) in [4.78, 5) is 31.0. The number of halogens is 1. The van der Waals surface area contributed by atoms with E-state index in [0.29, 0.717) is 24.4 Å². The number of anilines is 1. The van der Waals surface area contributed by atoms with E-state index < -0.39 is 17.1 Å². The zero-order valence-corrected chi connectivity index (χ0v) is 15.6. The number of pyridine rings is 1. The summed E-state index contributed by atoms with van der Waals surface area (Å²) in [5.74, 6) is -0.295. The first kappa shape index (κ1) is 17.2. The van der Waals surface area contributed by atoms with E-state index in [1.165, 1.54) is 12.1 Å². The molecule has 2 N–H and O–H groups in total. The van der Waals surface area contributed by atoms with Crippen LogP contribution < -0.4 is 21.5 Å². The maximum atomic E-state index is 15.0. The number of hydrogen-bond acceptors (Lipinski definition) is 6. The van der Waals surface area contributed by atoms with Crippen LogP contribution in [0, 0.1) is 5.82 Å². The zero-order valence-electron chi connectivity index (χ0n) is 15.6. The largest absolute Gasteiger partial charge is 0.421 e. The smallest absolute Gasteiger partial charge is 0.370 e. The van der Waals surface area contributed by atoms with Gasteiger partial charge in [-0.1, -0.05) is 4.73 Å². The molecule has 1 aliphatic heterocycles. The monoisotopic (exact) mass is 388 g/mol. The quantitative estimate of drug-likeness (QED) is 0.628. The van der Waals surface area contributed by atoms with Crippen molar-refractivity contribution in [3.8, 4) is 0 Å². The Morgan fingerprint density at radius 2 is 1.86 bits per heavy atom. The highest BCUT2D eigenvalue weighted by Gasteiger charge is 2.31. The van der Waals surface area contributed by atoms with Gasteiger partial charge in [0.2, 0.25) is 0 Å². The maximum absolute atomic E-state index is 15.0. The van der Waals surface area contributed by atoms with Crippen LogP contribution in [0.4, 0.5) is 10.2 Å². The van der Waals surface area contributed by atoms with Crippen LogP contribution in [0.2, 0.25) is 0 Å². The lowest BCUT2D eigenvalue weighted by atomic mass is 10.1. The van der Waals surface area contributed by atoms with Gasteiger partial charge in [-0.25, -0.2) is 18.6 Å². The van der Waals surface area contributed by atoms with Gasteiger partial charge in [0, 0.05) is 43.3 Å². The standard InChI is InChI=1S/C18H21FN6O3/c1-9-7-22(8-10(2)20-9)16-12(19)5-13-17(21-16)23(11-3-4-11)14-6-15(26)25(28)18(27)24(13)14/h5-6,9-11,20,28H,3-4,7-8H2,1-2H3/t9-,10+. The number of aromatic nitrogens is 4. The number of imidazole rings is 1. The molecule has 9 nitrogen and oxygen atoms in total. The van der Waals surface area contributed by atoms with Gasteiger partial charge in [-0.3, -0.25) is 4.79 Å². The molecule has 2 atom stereocenters. The molecule has 1 saturated heterocycles. The van der Waals surface area contributed by atoms with Crippen LogP contribution in [0.5, 0.6) is 0 Å². The van der Waals surface area contributed by atoms with Crippen molar-refractivity contribution in [3.05, 3.63) is 38.8 Å². The molecule has 2 fully saturated rings. The van der Waals surface area contributed by atoms with E-state index in [1.807, 2.05) is 23.3 Å². The van der Waals surface area contributed by atoms with Crippen LogP contribution in [0.25, 0.3) is 16.8 Å². The molecule has 2 aliphatic rings. The van der Waals surface area contributed by atoms with Crippen LogP contribution in [0.3, 0.4) is 0 Å². The van der Waals surface area contributed by atoms with Crippen LogP contribution >= 0.6 is 0 Å². The van der Waals surface area contributed by atoms with Gasteiger partial charge < -0.3 is 20.0 Å². The average molecular weight is 388 g/mol. The fraction of sp³-hybridized carbons (Fsp3) is 0.500. The number of nitrogens with one attached hydrogen (secondary N) is 1. The van der Waals surface area contributed by atoms with E-state index in [2.05, 4.69) is 10.3 Å². The van der Waals surface area contributed by atoms with E-state index >= 15 is 4.39 Å². The van der Waals surface area contributed by atoms with E-state index in [4.69, 9.17) is 0 Å². The first-order chi connectivity index (χ1) is 13.3. The third-order valence-corrected chi connectivity index (χ3v) is 5.47. The van der Waals surface area contributed by atoms with E-state index in [0.717, 1.165) is 17.2 Å². The van der Waals surface area contributed by atoms with Gasteiger partial charge in [-0.15, -0.1) is 0 Å². The van der Waals surface area contributed by atoms with Crippen LogP contribution in [-0.4, -0.2) is 49.1 Å². The predicted molar refractivity (Wildman–Crippen MR) is 101 cm³/mol. The first-order valence-corrected chi connectivity index (χ1v) is 9.44. The third kappa shape index (κ3) is 2.44. The molecule has 0 unspecified atom stereocenters. The Bertz CT molecular complexity index is 1210. The Balaban J connectivity index is 1.81. The Morgan fingerprint density at radius 3 is 2.50 bits per heavy atom. The third-order valence-electron chi connectivity index (χ3n) is 5.47. The fourth-order valence-corrected chi connectivity index (χ4v) is 4.25. The highest BCUT2D eigenvalue weighted by Crippen LogP contribution is 2.39. The molecule has 10 heteroatoms. The summed E-state index contributed by atoms with van der Waals surface area (Å²) < 4.78 is 18.0. The molecule has 0 bridgehead atoms. The minimum atomic E-state index is -0.926. The highest BCUT2D eigenvalue weighted by atomic mass is 19.1. The Hall–Kier alpha value is -2.88. The van der Waals surface area contributed by atoms with Gasteiger partial charge in [-0.2, -0.15) is 0 Å². The molecule has 0 radical (unpaired) electrons. The van der Waals surface area contributed by atoms with Gasteiger partial charge in [-0.05, 0) is 26.7 Å². The SMILES string of the molecule is C[C@@H]1CN(c2nc3c(cc2F)n2c(=O)n(O)c(=O)cc2n3C2CC2)C[C@H](C)N1. The number of rotatable bonds is 2. The Morgan fingerprint density at radius 1 is 1.18 bits per heavy atom. The van der Waals surface area contributed by atoms with E-state index in [1.54, 1.807) is 0 Å². The van der Waals surface area contributed by atoms with Crippen molar-refractivity contribution in [3.63, 3.8) is 0 Å². The predicted octanol–water partition coefficient (Wildman–Crippen LogP) is 0.709. The molecule has 28 heavy (non-hydrogen) atoms. The lowest BCUT2D eigenvalue weighted by Gasteiger charge is -2.37. The second kappa shape index (κ2) is 5.81. The molecule has 0 spiro atoms. The zero-order chi connectivity index (χ0) is 19.7.